The SMILES string of the molecule is CCc1nnc(NC(=O)C(CC)CN)s1. The highest BCUT2D eigenvalue weighted by molar-refractivity contribution is 7.15. The summed E-state index contributed by atoms with van der Waals surface area (Å²) in [7, 11) is 0. The quantitative estimate of drug-likeness (QED) is 0.788. The van der Waals surface area contributed by atoms with E-state index in [1.54, 1.807) is 0 Å². The molecule has 0 aromatic carbocycles. The van der Waals surface area contributed by atoms with Gasteiger partial charge in [-0.1, -0.05) is 25.2 Å². The first kappa shape index (κ1) is 12.1. The first-order valence-electron chi connectivity index (χ1n) is 5.04. The van der Waals surface area contributed by atoms with Gasteiger partial charge in [-0.15, -0.1) is 10.2 Å². The van der Waals surface area contributed by atoms with Gasteiger partial charge in [0.2, 0.25) is 11.0 Å². The summed E-state index contributed by atoms with van der Waals surface area (Å²) in [6.45, 7) is 4.30. The Labute approximate surface area is 93.1 Å². The molecule has 0 aliphatic carbocycles. The van der Waals surface area contributed by atoms with Crippen LogP contribution < -0.4 is 11.1 Å². The zero-order valence-electron chi connectivity index (χ0n) is 8.99. The molecule has 1 heterocycles. The molecular weight excluding hydrogens is 212 g/mol. The second-order valence-corrected chi connectivity index (χ2v) is 4.25. The fourth-order valence-electron chi connectivity index (χ4n) is 1.11. The molecule has 0 radical (unpaired) electrons. The minimum absolute atomic E-state index is 0.0706. The molecule has 1 rings (SSSR count). The Kier molecular flexibility index (Phi) is 4.64. The highest BCUT2D eigenvalue weighted by atomic mass is 32.1. The number of carbonyl (C=O) groups excluding carboxylic acids is 1. The number of amides is 1. The van der Waals surface area contributed by atoms with Crippen molar-refractivity contribution in [2.24, 2.45) is 11.7 Å². The highest BCUT2D eigenvalue weighted by Crippen LogP contribution is 2.16. The van der Waals surface area contributed by atoms with Crippen molar-refractivity contribution in [3.8, 4) is 0 Å². The van der Waals surface area contributed by atoms with Gasteiger partial charge >= 0.3 is 0 Å². The summed E-state index contributed by atoms with van der Waals surface area (Å²) < 4.78 is 0. The van der Waals surface area contributed by atoms with E-state index >= 15 is 0 Å². The van der Waals surface area contributed by atoms with Crippen LogP contribution in [0, 0.1) is 5.92 Å². The van der Waals surface area contributed by atoms with E-state index in [-0.39, 0.29) is 11.8 Å². The van der Waals surface area contributed by atoms with Gasteiger partial charge in [-0.05, 0) is 12.8 Å². The van der Waals surface area contributed by atoms with Gasteiger partial charge in [0, 0.05) is 6.54 Å². The Morgan fingerprint density at radius 3 is 2.73 bits per heavy atom. The van der Waals surface area contributed by atoms with Crippen molar-refractivity contribution in [2.75, 3.05) is 11.9 Å². The van der Waals surface area contributed by atoms with E-state index in [0.717, 1.165) is 17.8 Å². The number of aromatic nitrogens is 2. The van der Waals surface area contributed by atoms with E-state index in [1.165, 1.54) is 11.3 Å². The fraction of sp³-hybridized carbons (Fsp3) is 0.667. The van der Waals surface area contributed by atoms with Gasteiger partial charge in [0.1, 0.15) is 5.01 Å². The Balaban J connectivity index is 2.57. The summed E-state index contributed by atoms with van der Waals surface area (Å²) in [6, 6.07) is 0. The standard InChI is InChI=1S/C9H16N4OS/c1-3-6(5-10)8(14)11-9-13-12-7(4-2)15-9/h6H,3-5,10H2,1-2H3,(H,11,13,14). The molecule has 1 aromatic rings. The number of nitrogens with two attached hydrogens (primary N) is 1. The Bertz CT molecular complexity index is 322. The van der Waals surface area contributed by atoms with Crippen LogP contribution in [0.15, 0.2) is 0 Å². The van der Waals surface area contributed by atoms with Crippen LogP contribution in [-0.2, 0) is 11.2 Å². The van der Waals surface area contributed by atoms with Crippen LogP contribution in [0.1, 0.15) is 25.3 Å². The fourth-order valence-corrected chi connectivity index (χ4v) is 1.80. The lowest BCUT2D eigenvalue weighted by molar-refractivity contribution is -0.119. The van der Waals surface area contributed by atoms with Crippen molar-refractivity contribution in [3.05, 3.63) is 5.01 Å². The smallest absolute Gasteiger partial charge is 0.230 e. The molecule has 84 valence electrons. The number of carbonyl (C=O) groups is 1. The number of hydrogen-bond acceptors (Lipinski definition) is 5. The van der Waals surface area contributed by atoms with Gasteiger partial charge in [-0.25, -0.2) is 0 Å². The van der Waals surface area contributed by atoms with Crippen molar-refractivity contribution >= 4 is 22.4 Å². The molecule has 0 spiro atoms. The normalized spacial score (nSPS) is 12.5. The number of nitrogens with one attached hydrogen (secondary N) is 1. The van der Waals surface area contributed by atoms with E-state index in [0.29, 0.717) is 11.7 Å². The molecule has 15 heavy (non-hydrogen) atoms. The first-order valence-corrected chi connectivity index (χ1v) is 5.86. The summed E-state index contributed by atoms with van der Waals surface area (Å²) >= 11 is 1.40. The van der Waals surface area contributed by atoms with Crippen molar-refractivity contribution in [3.63, 3.8) is 0 Å². The number of rotatable bonds is 5. The van der Waals surface area contributed by atoms with Crippen LogP contribution in [0.25, 0.3) is 0 Å². The van der Waals surface area contributed by atoms with Crippen LogP contribution in [0.3, 0.4) is 0 Å². The van der Waals surface area contributed by atoms with Crippen molar-refractivity contribution in [2.45, 2.75) is 26.7 Å². The highest BCUT2D eigenvalue weighted by Gasteiger charge is 2.16. The molecule has 0 saturated carbocycles. The van der Waals surface area contributed by atoms with Gasteiger partial charge in [0.05, 0.1) is 5.92 Å². The molecule has 0 saturated heterocycles. The Hall–Kier alpha value is -1.01. The molecule has 0 bridgehead atoms. The van der Waals surface area contributed by atoms with E-state index in [2.05, 4.69) is 15.5 Å². The molecular formula is C9H16N4OS. The summed E-state index contributed by atoms with van der Waals surface area (Å²) in [5, 5.41) is 12.0. The summed E-state index contributed by atoms with van der Waals surface area (Å²) in [5.41, 5.74) is 5.48. The zero-order valence-corrected chi connectivity index (χ0v) is 9.80. The van der Waals surface area contributed by atoms with Crippen LogP contribution in [0.4, 0.5) is 5.13 Å². The van der Waals surface area contributed by atoms with Crippen LogP contribution >= 0.6 is 11.3 Å². The lowest BCUT2D eigenvalue weighted by atomic mass is 10.1. The minimum Gasteiger partial charge on any atom is -0.330 e. The largest absolute Gasteiger partial charge is 0.330 e. The second kappa shape index (κ2) is 5.77. The maximum atomic E-state index is 11.6. The molecule has 0 aliphatic heterocycles. The Morgan fingerprint density at radius 2 is 2.27 bits per heavy atom. The van der Waals surface area contributed by atoms with E-state index < -0.39 is 0 Å². The van der Waals surface area contributed by atoms with Crippen LogP contribution in [0.2, 0.25) is 0 Å². The average molecular weight is 228 g/mol. The topological polar surface area (TPSA) is 80.9 Å². The molecule has 0 aliphatic rings. The number of nitrogens with zero attached hydrogens (tertiary/aromatic N) is 2. The minimum atomic E-state index is -0.140. The van der Waals surface area contributed by atoms with Crippen LogP contribution in [-0.4, -0.2) is 22.6 Å². The van der Waals surface area contributed by atoms with Gasteiger partial charge < -0.3 is 11.1 Å². The van der Waals surface area contributed by atoms with E-state index in [4.69, 9.17) is 5.73 Å². The summed E-state index contributed by atoms with van der Waals surface area (Å²) in [6.07, 6.45) is 1.57. The predicted octanol–water partition coefficient (Wildman–Crippen LogP) is 1.02. The van der Waals surface area contributed by atoms with Gasteiger partial charge in [-0.2, -0.15) is 0 Å². The average Bonchev–Trinajstić information content (AvgIpc) is 2.67. The zero-order chi connectivity index (χ0) is 11.3. The van der Waals surface area contributed by atoms with E-state index in [1.807, 2.05) is 13.8 Å². The molecule has 5 nitrogen and oxygen atoms in total. The van der Waals surface area contributed by atoms with Crippen LogP contribution in [0.5, 0.6) is 0 Å². The van der Waals surface area contributed by atoms with E-state index in [9.17, 15) is 4.79 Å². The predicted molar refractivity (Wildman–Crippen MR) is 60.8 cm³/mol. The third kappa shape index (κ3) is 3.24. The number of aryl methyl sites for hydroxylation is 1. The lowest BCUT2D eigenvalue weighted by Gasteiger charge is -2.09. The molecule has 0 fully saturated rings. The number of hydrogen-bond donors (Lipinski definition) is 2. The number of anilines is 1. The molecule has 1 unspecified atom stereocenters. The Morgan fingerprint density at radius 1 is 1.53 bits per heavy atom. The maximum absolute atomic E-state index is 11.6. The first-order chi connectivity index (χ1) is 7.21. The van der Waals surface area contributed by atoms with Crippen molar-refractivity contribution < 1.29 is 4.79 Å². The lowest BCUT2D eigenvalue weighted by Crippen LogP contribution is -2.28. The molecule has 1 atom stereocenters. The van der Waals surface area contributed by atoms with Gasteiger partial charge in [0.15, 0.2) is 0 Å². The molecule has 1 aromatic heterocycles. The summed E-state index contributed by atoms with van der Waals surface area (Å²) in [4.78, 5) is 11.6. The monoisotopic (exact) mass is 228 g/mol. The van der Waals surface area contributed by atoms with Gasteiger partial charge in [-0.3, -0.25) is 4.79 Å². The van der Waals surface area contributed by atoms with Gasteiger partial charge in [0.25, 0.3) is 0 Å². The molecule has 3 N–H and O–H groups in total. The maximum Gasteiger partial charge on any atom is 0.230 e. The second-order valence-electron chi connectivity index (χ2n) is 3.18. The third-order valence-corrected chi connectivity index (χ3v) is 3.13. The van der Waals surface area contributed by atoms with Crippen molar-refractivity contribution in [1.82, 2.24) is 10.2 Å². The molecule has 6 heteroatoms. The third-order valence-electron chi connectivity index (χ3n) is 2.15. The molecule has 1 amide bonds. The van der Waals surface area contributed by atoms with Crippen molar-refractivity contribution in [1.29, 1.82) is 0 Å². The summed E-state index contributed by atoms with van der Waals surface area (Å²) in [5.74, 6) is -0.210.